The highest BCUT2D eigenvalue weighted by molar-refractivity contribution is 5.65. The van der Waals surface area contributed by atoms with Crippen LogP contribution < -0.4 is 11.1 Å². The molecule has 2 heterocycles. The number of hydrogen-bond acceptors (Lipinski definition) is 5. The van der Waals surface area contributed by atoms with Crippen LogP contribution in [-0.4, -0.2) is 39.1 Å². The lowest BCUT2D eigenvalue weighted by Gasteiger charge is -2.46. The molecule has 9 heteroatoms. The van der Waals surface area contributed by atoms with Crippen LogP contribution in [0.5, 0.6) is 0 Å². The smallest absolute Gasteiger partial charge is 0.417 e. The fraction of sp³-hybridized carbons (Fsp3) is 0.400. The molecule has 2 fully saturated rings. The molecule has 1 aliphatic heterocycles. The second-order valence-electron chi connectivity index (χ2n) is 11.1. The van der Waals surface area contributed by atoms with E-state index in [1.54, 1.807) is 0 Å². The predicted molar refractivity (Wildman–Crippen MR) is 138 cm³/mol. The summed E-state index contributed by atoms with van der Waals surface area (Å²) in [5, 5.41) is 8.17. The van der Waals surface area contributed by atoms with E-state index in [1.165, 1.54) is 22.8 Å². The molecule has 3 aliphatic carbocycles. The number of hydrogen-bond donors (Lipinski definition) is 0. The highest BCUT2D eigenvalue weighted by Gasteiger charge is 2.53. The van der Waals surface area contributed by atoms with Gasteiger partial charge < -0.3 is 9.15 Å². The van der Waals surface area contributed by atoms with Crippen LogP contribution in [0.2, 0.25) is 0 Å². The summed E-state index contributed by atoms with van der Waals surface area (Å²) in [6.07, 6.45) is 4.28. The van der Waals surface area contributed by atoms with Crippen molar-refractivity contribution in [3.05, 3.63) is 93.8 Å². The minimum Gasteiger partial charge on any atom is -0.417 e. The SMILES string of the molecule is CC1(C)OC[C@@]2(CCC3=CCC(=c4nnc(=C5C=CC(C(F)(F)F)=C(F)C5)o4)C=C3C2)N1Cc1ccccc1. The maximum Gasteiger partial charge on any atom is 0.418 e. The lowest BCUT2D eigenvalue weighted by molar-refractivity contribution is -0.0902. The van der Waals surface area contributed by atoms with Gasteiger partial charge in [0.1, 0.15) is 11.6 Å². The van der Waals surface area contributed by atoms with Gasteiger partial charge in [-0.3, -0.25) is 4.90 Å². The molecule has 1 spiro atoms. The topological polar surface area (TPSA) is 51.4 Å². The van der Waals surface area contributed by atoms with Crippen molar-refractivity contribution in [3.8, 4) is 0 Å². The van der Waals surface area contributed by atoms with E-state index in [1.807, 2.05) is 6.07 Å². The zero-order valence-corrected chi connectivity index (χ0v) is 21.8. The van der Waals surface area contributed by atoms with E-state index in [4.69, 9.17) is 9.15 Å². The van der Waals surface area contributed by atoms with Crippen LogP contribution in [0.15, 0.2) is 81.6 Å². The number of ether oxygens (including phenoxy) is 1. The Hall–Kier alpha value is -3.30. The van der Waals surface area contributed by atoms with Gasteiger partial charge in [-0.05, 0) is 68.4 Å². The Kier molecular flexibility index (Phi) is 6.26. The van der Waals surface area contributed by atoms with Crippen molar-refractivity contribution >= 4 is 11.1 Å². The van der Waals surface area contributed by atoms with Crippen molar-refractivity contribution in [2.45, 2.75) is 69.9 Å². The third-order valence-corrected chi connectivity index (χ3v) is 8.18. The largest absolute Gasteiger partial charge is 0.418 e. The van der Waals surface area contributed by atoms with Gasteiger partial charge in [0.15, 0.2) is 0 Å². The lowest BCUT2D eigenvalue weighted by atomic mass is 9.73. The quantitative estimate of drug-likeness (QED) is 0.468. The third-order valence-electron chi connectivity index (χ3n) is 8.18. The molecule has 1 atom stereocenters. The Morgan fingerprint density at radius 2 is 1.74 bits per heavy atom. The molecular weight excluding hydrogens is 510 g/mol. The highest BCUT2D eigenvalue weighted by Crippen LogP contribution is 2.49. The lowest BCUT2D eigenvalue weighted by Crippen LogP contribution is -2.53. The molecule has 0 bridgehead atoms. The maximum atomic E-state index is 14.2. The summed E-state index contributed by atoms with van der Waals surface area (Å²) in [4.78, 5) is 2.48. The molecule has 2 aromatic rings. The van der Waals surface area contributed by atoms with Gasteiger partial charge in [-0.2, -0.15) is 13.2 Å². The number of halogens is 4. The number of allylic oxidation sites excluding steroid dienone is 7. The van der Waals surface area contributed by atoms with Crippen molar-refractivity contribution in [2.24, 2.45) is 0 Å². The molecule has 0 unspecified atom stereocenters. The molecule has 6 rings (SSSR count). The van der Waals surface area contributed by atoms with Gasteiger partial charge >= 0.3 is 6.18 Å². The van der Waals surface area contributed by atoms with Gasteiger partial charge in [-0.15, -0.1) is 10.2 Å². The third kappa shape index (κ3) is 4.82. The maximum absolute atomic E-state index is 14.2. The van der Waals surface area contributed by atoms with Crippen molar-refractivity contribution < 1.29 is 26.7 Å². The first kappa shape index (κ1) is 26.0. The van der Waals surface area contributed by atoms with Crippen LogP contribution in [-0.2, 0) is 11.3 Å². The monoisotopic (exact) mass is 539 g/mol. The molecule has 39 heavy (non-hydrogen) atoms. The van der Waals surface area contributed by atoms with Crippen molar-refractivity contribution in [3.63, 3.8) is 0 Å². The minimum atomic E-state index is -4.74. The summed E-state index contributed by atoms with van der Waals surface area (Å²) < 4.78 is 65.2. The van der Waals surface area contributed by atoms with Crippen LogP contribution >= 0.6 is 0 Å². The molecule has 0 radical (unpaired) electrons. The Balaban J connectivity index is 1.31. The van der Waals surface area contributed by atoms with E-state index >= 15 is 0 Å². The van der Waals surface area contributed by atoms with Crippen molar-refractivity contribution in [1.29, 1.82) is 0 Å². The average Bonchev–Trinajstić information content (AvgIpc) is 3.48. The number of nitrogens with zero attached hydrogens (tertiary/aromatic N) is 3. The molecule has 1 saturated heterocycles. The number of fused-ring (bicyclic) bond motifs is 1. The van der Waals surface area contributed by atoms with Crippen LogP contribution in [0, 0.1) is 0 Å². The molecule has 1 aromatic carbocycles. The standard InChI is InChI=1S/C30H29F4N3O2/c1-28(2)37(17-19-6-4-3-5-7-19)29(18-38-28)13-12-20-8-9-21(14-23(20)16-29)26-35-36-27(39-26)22-10-11-24(25(31)15-22)30(32,33)34/h3-8,10-11,14H,9,12-13,15-18H2,1-2H3/t29-/m0/s1. The molecule has 5 nitrogen and oxygen atoms in total. The van der Waals surface area contributed by atoms with E-state index in [0.29, 0.717) is 18.6 Å². The van der Waals surface area contributed by atoms with Gasteiger partial charge in [0.05, 0.1) is 17.7 Å². The van der Waals surface area contributed by atoms with Crippen LogP contribution in [0.3, 0.4) is 0 Å². The van der Waals surface area contributed by atoms with E-state index in [-0.39, 0.29) is 16.7 Å². The average molecular weight is 540 g/mol. The predicted octanol–water partition coefficient (Wildman–Crippen LogP) is 5.56. The first-order valence-corrected chi connectivity index (χ1v) is 13.1. The molecule has 1 saturated carbocycles. The van der Waals surface area contributed by atoms with Crippen molar-refractivity contribution in [1.82, 2.24) is 15.1 Å². The molecule has 0 N–H and O–H groups in total. The van der Waals surface area contributed by atoms with Crippen LogP contribution in [0.1, 0.15) is 51.5 Å². The van der Waals surface area contributed by atoms with Crippen LogP contribution in [0.4, 0.5) is 17.6 Å². The zero-order valence-electron chi connectivity index (χ0n) is 21.8. The fourth-order valence-corrected chi connectivity index (χ4v) is 6.10. The first-order valence-electron chi connectivity index (χ1n) is 13.1. The van der Waals surface area contributed by atoms with Crippen LogP contribution in [0.25, 0.3) is 11.1 Å². The molecule has 4 aliphatic rings. The normalized spacial score (nSPS) is 28.1. The van der Waals surface area contributed by atoms with E-state index in [9.17, 15) is 17.6 Å². The van der Waals surface area contributed by atoms with Gasteiger partial charge in [-0.25, -0.2) is 4.39 Å². The molecule has 1 aromatic heterocycles. The Morgan fingerprint density at radius 1 is 1.00 bits per heavy atom. The molecule has 204 valence electrons. The minimum absolute atomic E-state index is 0.0263. The summed E-state index contributed by atoms with van der Waals surface area (Å²) in [5.41, 5.74) is 3.31. The highest BCUT2D eigenvalue weighted by atomic mass is 19.4. The second kappa shape index (κ2) is 9.41. The van der Waals surface area contributed by atoms with Gasteiger partial charge in [0.2, 0.25) is 11.1 Å². The summed E-state index contributed by atoms with van der Waals surface area (Å²) in [6.45, 7) is 5.67. The summed E-state index contributed by atoms with van der Waals surface area (Å²) in [7, 11) is 0. The molecular formula is C30H29F4N3O2. The number of aromatic nitrogens is 2. The van der Waals surface area contributed by atoms with E-state index in [0.717, 1.165) is 37.5 Å². The Morgan fingerprint density at radius 3 is 2.46 bits per heavy atom. The number of alkyl halides is 3. The second-order valence-corrected chi connectivity index (χ2v) is 11.1. The summed E-state index contributed by atoms with van der Waals surface area (Å²) in [6, 6.07) is 10.4. The Labute approximate surface area is 223 Å². The number of rotatable bonds is 2. The fourth-order valence-electron chi connectivity index (χ4n) is 6.10. The van der Waals surface area contributed by atoms with E-state index < -0.39 is 29.7 Å². The first-order chi connectivity index (χ1) is 18.5. The summed E-state index contributed by atoms with van der Waals surface area (Å²) in [5.74, 6) is -1.26. The zero-order chi connectivity index (χ0) is 27.4. The summed E-state index contributed by atoms with van der Waals surface area (Å²) >= 11 is 0. The molecule has 0 amide bonds. The number of benzene rings is 1. The van der Waals surface area contributed by atoms with Gasteiger partial charge in [0.25, 0.3) is 0 Å². The van der Waals surface area contributed by atoms with Crippen molar-refractivity contribution in [2.75, 3.05) is 6.61 Å². The Bertz CT molecular complexity index is 1550. The van der Waals surface area contributed by atoms with Gasteiger partial charge in [-0.1, -0.05) is 42.5 Å². The van der Waals surface area contributed by atoms with Gasteiger partial charge in [0, 0.05) is 24.1 Å². The van der Waals surface area contributed by atoms with E-state index in [2.05, 4.69) is 65.4 Å².